The summed E-state index contributed by atoms with van der Waals surface area (Å²) in [5, 5.41) is 0. The Morgan fingerprint density at radius 3 is 1.81 bits per heavy atom. The van der Waals surface area contributed by atoms with Crippen molar-refractivity contribution in [2.45, 2.75) is 19.3 Å². The smallest absolute Gasteiger partial charge is 0.185 e. The van der Waals surface area contributed by atoms with Gasteiger partial charge in [0.05, 0.1) is 36.4 Å². The maximum absolute atomic E-state index is 12.6. The summed E-state index contributed by atoms with van der Waals surface area (Å²) in [6.45, 7) is 0. The second-order valence-electron chi connectivity index (χ2n) is 5.38. The number of hydrogen-bond acceptors (Lipinski definition) is 3. The van der Waals surface area contributed by atoms with Crippen molar-refractivity contribution in [3.8, 4) is 0 Å². The Morgan fingerprint density at radius 1 is 0.952 bits per heavy atom. The van der Waals surface area contributed by atoms with E-state index in [2.05, 4.69) is 9.97 Å². The SMILES string of the molecule is Cn1cncc1/C=C1\CCC/C(=C\c2cncn2C)C1=O. The second kappa shape index (κ2) is 5.52. The van der Waals surface area contributed by atoms with Gasteiger partial charge in [-0.2, -0.15) is 0 Å². The summed E-state index contributed by atoms with van der Waals surface area (Å²) in [5.41, 5.74) is 3.64. The topological polar surface area (TPSA) is 52.7 Å². The Hall–Kier alpha value is -2.43. The summed E-state index contributed by atoms with van der Waals surface area (Å²) in [5.74, 6) is 0.142. The number of nitrogens with zero attached hydrogens (tertiary/aromatic N) is 4. The molecule has 0 N–H and O–H groups in total. The molecule has 0 saturated heterocycles. The zero-order chi connectivity index (χ0) is 14.8. The van der Waals surface area contributed by atoms with Gasteiger partial charge in [-0.3, -0.25) is 4.79 Å². The summed E-state index contributed by atoms with van der Waals surface area (Å²) in [6, 6.07) is 0. The van der Waals surface area contributed by atoms with E-state index in [0.717, 1.165) is 41.8 Å². The summed E-state index contributed by atoms with van der Waals surface area (Å²) in [6.07, 6.45) is 13.6. The van der Waals surface area contributed by atoms with Crippen molar-refractivity contribution in [2.24, 2.45) is 14.1 Å². The molecular weight excluding hydrogens is 264 g/mol. The van der Waals surface area contributed by atoms with Gasteiger partial charge < -0.3 is 9.13 Å². The van der Waals surface area contributed by atoms with E-state index in [1.165, 1.54) is 0 Å². The molecule has 2 aromatic heterocycles. The van der Waals surface area contributed by atoms with Crippen LogP contribution in [-0.2, 0) is 18.9 Å². The molecule has 3 rings (SSSR count). The maximum atomic E-state index is 12.6. The van der Waals surface area contributed by atoms with Gasteiger partial charge in [0.25, 0.3) is 0 Å². The molecule has 0 amide bonds. The van der Waals surface area contributed by atoms with E-state index in [-0.39, 0.29) is 5.78 Å². The molecule has 1 aliphatic rings. The largest absolute Gasteiger partial charge is 0.334 e. The minimum Gasteiger partial charge on any atom is -0.334 e. The fraction of sp³-hybridized carbons (Fsp3) is 0.312. The summed E-state index contributed by atoms with van der Waals surface area (Å²) >= 11 is 0. The van der Waals surface area contributed by atoms with Gasteiger partial charge in [0.1, 0.15) is 0 Å². The number of Topliss-reactive ketones (excluding diaryl/α,β-unsaturated/α-hetero) is 1. The van der Waals surface area contributed by atoms with Gasteiger partial charge in [-0.25, -0.2) is 9.97 Å². The molecule has 5 heteroatoms. The highest BCUT2D eigenvalue weighted by Gasteiger charge is 2.21. The number of allylic oxidation sites excluding steroid dienone is 2. The Labute approximate surface area is 123 Å². The number of imidazole rings is 2. The highest BCUT2D eigenvalue weighted by atomic mass is 16.1. The van der Waals surface area contributed by atoms with Gasteiger partial charge in [0.15, 0.2) is 5.78 Å². The zero-order valence-corrected chi connectivity index (χ0v) is 12.3. The lowest BCUT2D eigenvalue weighted by atomic mass is 9.88. The first-order valence-electron chi connectivity index (χ1n) is 7.03. The lowest BCUT2D eigenvalue weighted by Crippen LogP contribution is -2.13. The summed E-state index contributed by atoms with van der Waals surface area (Å²) in [7, 11) is 3.86. The molecular formula is C16H18N4O. The molecule has 0 aromatic carbocycles. The first kappa shape index (κ1) is 13.5. The Kier molecular flexibility index (Phi) is 3.56. The van der Waals surface area contributed by atoms with Crippen LogP contribution in [0.25, 0.3) is 12.2 Å². The highest BCUT2D eigenvalue weighted by molar-refractivity contribution is 6.13. The standard InChI is InChI=1S/C16H18N4O/c1-19-10-17-8-14(19)6-12-4-3-5-13(16(12)21)7-15-9-18-11-20(15)2/h6-11H,3-5H2,1-2H3/b12-6+,13-7+. The van der Waals surface area contributed by atoms with Crippen molar-refractivity contribution in [1.29, 1.82) is 0 Å². The molecule has 5 nitrogen and oxygen atoms in total. The maximum Gasteiger partial charge on any atom is 0.185 e. The summed E-state index contributed by atoms with van der Waals surface area (Å²) in [4.78, 5) is 20.8. The summed E-state index contributed by atoms with van der Waals surface area (Å²) < 4.78 is 3.83. The number of carbonyl (C=O) groups is 1. The van der Waals surface area contributed by atoms with Crippen LogP contribution in [-0.4, -0.2) is 24.9 Å². The lowest BCUT2D eigenvalue weighted by Gasteiger charge is -2.16. The monoisotopic (exact) mass is 282 g/mol. The number of aryl methyl sites for hydroxylation is 2. The lowest BCUT2D eigenvalue weighted by molar-refractivity contribution is -0.112. The molecule has 0 unspecified atom stereocenters. The zero-order valence-electron chi connectivity index (χ0n) is 12.3. The van der Waals surface area contributed by atoms with Gasteiger partial charge >= 0.3 is 0 Å². The van der Waals surface area contributed by atoms with Crippen molar-refractivity contribution in [1.82, 2.24) is 19.1 Å². The number of rotatable bonds is 2. The van der Waals surface area contributed by atoms with Crippen LogP contribution in [0, 0.1) is 0 Å². The molecule has 0 atom stereocenters. The van der Waals surface area contributed by atoms with Gasteiger partial charge in [0, 0.05) is 25.2 Å². The van der Waals surface area contributed by atoms with Crippen LogP contribution in [0.3, 0.4) is 0 Å². The number of aromatic nitrogens is 4. The quantitative estimate of drug-likeness (QED) is 0.795. The van der Waals surface area contributed by atoms with Crippen LogP contribution in [0.5, 0.6) is 0 Å². The van der Waals surface area contributed by atoms with Gasteiger partial charge in [-0.15, -0.1) is 0 Å². The molecule has 108 valence electrons. The predicted octanol–water partition coefficient (Wildman–Crippen LogP) is 2.37. The Bertz CT molecular complexity index is 673. The van der Waals surface area contributed by atoms with Crippen LogP contribution in [0.2, 0.25) is 0 Å². The molecule has 1 saturated carbocycles. The van der Waals surface area contributed by atoms with Crippen molar-refractivity contribution in [2.75, 3.05) is 0 Å². The normalized spacial score (nSPS) is 19.6. The molecule has 1 fully saturated rings. The van der Waals surface area contributed by atoms with Crippen molar-refractivity contribution >= 4 is 17.9 Å². The van der Waals surface area contributed by atoms with E-state index >= 15 is 0 Å². The minimum absolute atomic E-state index is 0.142. The second-order valence-corrected chi connectivity index (χ2v) is 5.38. The third kappa shape index (κ3) is 2.72. The van der Waals surface area contributed by atoms with Gasteiger partial charge in [0.2, 0.25) is 0 Å². The van der Waals surface area contributed by atoms with E-state index in [1.807, 2.05) is 35.4 Å². The Balaban J connectivity index is 1.91. The van der Waals surface area contributed by atoms with Crippen LogP contribution in [0.4, 0.5) is 0 Å². The van der Waals surface area contributed by atoms with Crippen LogP contribution in [0.15, 0.2) is 36.2 Å². The van der Waals surface area contributed by atoms with Crippen LogP contribution >= 0.6 is 0 Å². The predicted molar refractivity (Wildman–Crippen MR) is 81.2 cm³/mol. The van der Waals surface area contributed by atoms with Crippen molar-refractivity contribution in [3.05, 3.63) is 47.6 Å². The molecule has 21 heavy (non-hydrogen) atoms. The van der Waals surface area contributed by atoms with E-state index < -0.39 is 0 Å². The third-order valence-corrected chi connectivity index (χ3v) is 3.83. The van der Waals surface area contributed by atoms with E-state index in [4.69, 9.17) is 0 Å². The van der Waals surface area contributed by atoms with Crippen LogP contribution < -0.4 is 0 Å². The van der Waals surface area contributed by atoms with Crippen molar-refractivity contribution in [3.63, 3.8) is 0 Å². The Morgan fingerprint density at radius 2 is 1.43 bits per heavy atom. The van der Waals surface area contributed by atoms with Gasteiger partial charge in [-0.05, 0) is 31.4 Å². The van der Waals surface area contributed by atoms with E-state index in [1.54, 1.807) is 25.0 Å². The fourth-order valence-corrected chi connectivity index (χ4v) is 2.55. The molecule has 1 aliphatic carbocycles. The van der Waals surface area contributed by atoms with E-state index in [0.29, 0.717) is 0 Å². The molecule has 2 aromatic rings. The molecule has 0 bridgehead atoms. The number of carbonyl (C=O) groups excluding carboxylic acids is 1. The minimum atomic E-state index is 0.142. The molecule has 0 aliphatic heterocycles. The highest BCUT2D eigenvalue weighted by Crippen LogP contribution is 2.27. The average molecular weight is 282 g/mol. The third-order valence-electron chi connectivity index (χ3n) is 3.83. The molecule has 0 spiro atoms. The fourth-order valence-electron chi connectivity index (χ4n) is 2.55. The van der Waals surface area contributed by atoms with Crippen molar-refractivity contribution < 1.29 is 4.79 Å². The number of hydrogen-bond donors (Lipinski definition) is 0. The first-order chi connectivity index (χ1) is 10.1. The average Bonchev–Trinajstić information content (AvgIpc) is 3.04. The molecule has 2 heterocycles. The van der Waals surface area contributed by atoms with Crippen LogP contribution in [0.1, 0.15) is 30.7 Å². The van der Waals surface area contributed by atoms with Gasteiger partial charge in [-0.1, -0.05) is 0 Å². The van der Waals surface area contributed by atoms with E-state index in [9.17, 15) is 4.79 Å². The first-order valence-corrected chi connectivity index (χ1v) is 7.03. The number of ketones is 1. The molecule has 0 radical (unpaired) electrons.